The Kier molecular flexibility index (Phi) is 3.20. The van der Waals surface area contributed by atoms with Gasteiger partial charge in [0.15, 0.2) is 0 Å². The van der Waals surface area contributed by atoms with Gasteiger partial charge in [0.1, 0.15) is 0 Å². The molecule has 10 heavy (non-hydrogen) atoms. The summed E-state index contributed by atoms with van der Waals surface area (Å²) in [4.78, 5) is 0. The van der Waals surface area contributed by atoms with E-state index in [-0.39, 0.29) is 0 Å². The van der Waals surface area contributed by atoms with Crippen molar-refractivity contribution in [1.82, 2.24) is 5.32 Å². The van der Waals surface area contributed by atoms with E-state index in [1.807, 2.05) is 0 Å². The largest absolute Gasteiger partial charge is 0.242 e. The molecule has 0 aromatic heterocycles. The molecule has 1 aliphatic heterocycles. The summed E-state index contributed by atoms with van der Waals surface area (Å²) in [6, 6.07) is 0. The monoisotopic (exact) mass is 140 g/mol. The maximum absolute atomic E-state index is 4.40. The molecule has 1 saturated heterocycles. The highest BCUT2D eigenvalue weighted by atomic mass is 14.8. The minimum atomic E-state index is 0.869. The molecular formula is C9H18N. The first-order valence-corrected chi connectivity index (χ1v) is 4.44. The maximum atomic E-state index is 4.40. The average molecular weight is 140 g/mol. The first kappa shape index (κ1) is 8.06. The molecule has 0 amide bonds. The Morgan fingerprint density at radius 3 is 2.70 bits per heavy atom. The summed E-state index contributed by atoms with van der Waals surface area (Å²) < 4.78 is 0. The summed E-state index contributed by atoms with van der Waals surface area (Å²) in [6.07, 6.45) is 4.06. The fraction of sp³-hybridized carbons (Fsp3) is 1.00. The van der Waals surface area contributed by atoms with E-state index < -0.39 is 0 Å². The predicted molar refractivity (Wildman–Crippen MR) is 44.0 cm³/mol. The molecule has 1 heterocycles. The third-order valence-corrected chi connectivity index (χ3v) is 2.49. The van der Waals surface area contributed by atoms with Crippen molar-refractivity contribution in [3.63, 3.8) is 0 Å². The smallest absolute Gasteiger partial charge is 0.0136 e. The quantitative estimate of drug-likeness (QED) is 0.529. The van der Waals surface area contributed by atoms with Crippen molar-refractivity contribution >= 4 is 0 Å². The van der Waals surface area contributed by atoms with Crippen LogP contribution in [0.15, 0.2) is 0 Å². The Labute approximate surface area is 64.2 Å². The van der Waals surface area contributed by atoms with E-state index in [9.17, 15) is 0 Å². The van der Waals surface area contributed by atoms with Crippen LogP contribution < -0.4 is 5.32 Å². The lowest BCUT2D eigenvalue weighted by Gasteiger charge is -2.16. The number of nitrogens with zero attached hydrogens (tertiary/aromatic N) is 1. The van der Waals surface area contributed by atoms with E-state index in [1.165, 1.54) is 19.3 Å². The van der Waals surface area contributed by atoms with Gasteiger partial charge in [0, 0.05) is 13.1 Å². The molecule has 1 aliphatic rings. The lowest BCUT2D eigenvalue weighted by Crippen LogP contribution is -2.10. The fourth-order valence-corrected chi connectivity index (χ4v) is 1.65. The zero-order valence-corrected chi connectivity index (χ0v) is 7.14. The van der Waals surface area contributed by atoms with Crippen molar-refractivity contribution in [1.29, 1.82) is 0 Å². The van der Waals surface area contributed by atoms with E-state index in [0.717, 1.165) is 24.9 Å². The van der Waals surface area contributed by atoms with Gasteiger partial charge in [0.25, 0.3) is 0 Å². The summed E-state index contributed by atoms with van der Waals surface area (Å²) in [5.74, 6) is 1.82. The SMILES string of the molecule is CC(C)C1CCC[N]CC1. The number of rotatable bonds is 1. The van der Waals surface area contributed by atoms with Crippen molar-refractivity contribution in [2.75, 3.05) is 13.1 Å². The van der Waals surface area contributed by atoms with Gasteiger partial charge >= 0.3 is 0 Å². The van der Waals surface area contributed by atoms with E-state index in [0.29, 0.717) is 0 Å². The third kappa shape index (κ3) is 2.30. The molecule has 1 atom stereocenters. The minimum absolute atomic E-state index is 0.869. The van der Waals surface area contributed by atoms with E-state index in [1.54, 1.807) is 0 Å². The van der Waals surface area contributed by atoms with E-state index in [2.05, 4.69) is 19.2 Å². The van der Waals surface area contributed by atoms with Crippen LogP contribution in [0.1, 0.15) is 33.1 Å². The number of hydrogen-bond acceptors (Lipinski definition) is 0. The van der Waals surface area contributed by atoms with Gasteiger partial charge in [-0.15, -0.1) is 0 Å². The summed E-state index contributed by atoms with van der Waals surface area (Å²) in [5.41, 5.74) is 0. The zero-order chi connectivity index (χ0) is 7.40. The minimum Gasteiger partial charge on any atom is -0.242 e. The van der Waals surface area contributed by atoms with Crippen LogP contribution in [0.3, 0.4) is 0 Å². The molecule has 1 radical (unpaired) electrons. The van der Waals surface area contributed by atoms with E-state index in [4.69, 9.17) is 0 Å². The summed E-state index contributed by atoms with van der Waals surface area (Å²) in [7, 11) is 0. The van der Waals surface area contributed by atoms with Crippen molar-refractivity contribution in [2.24, 2.45) is 11.8 Å². The van der Waals surface area contributed by atoms with Crippen LogP contribution in [0.4, 0.5) is 0 Å². The molecular weight excluding hydrogens is 122 g/mol. The molecule has 1 rings (SSSR count). The third-order valence-electron chi connectivity index (χ3n) is 2.49. The molecule has 1 nitrogen and oxygen atoms in total. The van der Waals surface area contributed by atoms with E-state index >= 15 is 0 Å². The van der Waals surface area contributed by atoms with Crippen LogP contribution in [0.5, 0.6) is 0 Å². The van der Waals surface area contributed by atoms with Crippen LogP contribution in [0.25, 0.3) is 0 Å². The Balaban J connectivity index is 2.28. The standard InChI is InChI=1S/C9H18N/c1-8(2)9-4-3-6-10-7-5-9/h8-9H,3-7H2,1-2H3. The van der Waals surface area contributed by atoms with Crippen LogP contribution in [0.2, 0.25) is 0 Å². The molecule has 1 unspecified atom stereocenters. The van der Waals surface area contributed by atoms with Crippen LogP contribution in [0, 0.1) is 11.8 Å². The molecule has 0 spiro atoms. The van der Waals surface area contributed by atoms with Crippen molar-refractivity contribution in [2.45, 2.75) is 33.1 Å². The Bertz CT molecular complexity index is 80.7. The van der Waals surface area contributed by atoms with Crippen molar-refractivity contribution in [3.8, 4) is 0 Å². The Morgan fingerprint density at radius 2 is 2.00 bits per heavy atom. The van der Waals surface area contributed by atoms with Gasteiger partial charge in [-0.3, -0.25) is 0 Å². The Morgan fingerprint density at radius 1 is 1.20 bits per heavy atom. The average Bonchev–Trinajstić information content (AvgIpc) is 2.12. The molecule has 0 aromatic rings. The second kappa shape index (κ2) is 3.97. The highest BCUT2D eigenvalue weighted by Crippen LogP contribution is 2.21. The molecule has 1 heteroatoms. The molecule has 0 bridgehead atoms. The zero-order valence-electron chi connectivity index (χ0n) is 7.14. The molecule has 0 aliphatic carbocycles. The lowest BCUT2D eigenvalue weighted by molar-refractivity contribution is 0.350. The van der Waals surface area contributed by atoms with Gasteiger partial charge in [-0.1, -0.05) is 13.8 Å². The highest BCUT2D eigenvalue weighted by Gasteiger charge is 2.14. The summed E-state index contributed by atoms with van der Waals surface area (Å²) in [6.45, 7) is 6.89. The predicted octanol–water partition coefficient (Wildman–Crippen LogP) is 2.05. The second-order valence-electron chi connectivity index (χ2n) is 3.61. The van der Waals surface area contributed by atoms with Crippen molar-refractivity contribution < 1.29 is 0 Å². The van der Waals surface area contributed by atoms with Gasteiger partial charge in [-0.05, 0) is 31.1 Å². The fourth-order valence-electron chi connectivity index (χ4n) is 1.65. The van der Waals surface area contributed by atoms with Gasteiger partial charge in [-0.2, -0.15) is 0 Å². The van der Waals surface area contributed by atoms with Crippen LogP contribution in [-0.4, -0.2) is 13.1 Å². The first-order chi connectivity index (χ1) is 4.80. The van der Waals surface area contributed by atoms with Crippen LogP contribution >= 0.6 is 0 Å². The van der Waals surface area contributed by atoms with Crippen molar-refractivity contribution in [3.05, 3.63) is 0 Å². The first-order valence-electron chi connectivity index (χ1n) is 4.44. The van der Waals surface area contributed by atoms with Gasteiger partial charge < -0.3 is 0 Å². The Hall–Kier alpha value is -0.0400. The van der Waals surface area contributed by atoms with Gasteiger partial charge in [0.2, 0.25) is 0 Å². The molecule has 1 fully saturated rings. The molecule has 59 valence electrons. The van der Waals surface area contributed by atoms with Crippen LogP contribution in [-0.2, 0) is 0 Å². The second-order valence-corrected chi connectivity index (χ2v) is 3.61. The molecule has 0 saturated carbocycles. The summed E-state index contributed by atoms with van der Waals surface area (Å²) >= 11 is 0. The lowest BCUT2D eigenvalue weighted by atomic mass is 9.89. The topological polar surface area (TPSA) is 14.1 Å². The highest BCUT2D eigenvalue weighted by molar-refractivity contribution is 4.68. The summed E-state index contributed by atoms with van der Waals surface area (Å²) in [5, 5.41) is 4.40. The van der Waals surface area contributed by atoms with Gasteiger partial charge in [-0.25, -0.2) is 5.32 Å². The van der Waals surface area contributed by atoms with Gasteiger partial charge in [0.05, 0.1) is 0 Å². The normalized spacial score (nSPS) is 28.5. The maximum Gasteiger partial charge on any atom is 0.0136 e. The molecule has 0 aromatic carbocycles. The molecule has 0 N–H and O–H groups in total. The number of hydrogen-bond donors (Lipinski definition) is 0.